The zero-order valence-corrected chi connectivity index (χ0v) is 11.8. The van der Waals surface area contributed by atoms with Crippen molar-refractivity contribution >= 4 is 28.9 Å². The summed E-state index contributed by atoms with van der Waals surface area (Å²) in [6, 6.07) is 10.4. The lowest BCUT2D eigenvalue weighted by atomic mass is 10.2. The number of nitrogens with one attached hydrogen (secondary N) is 1. The number of benzene rings is 2. The first kappa shape index (κ1) is 14.8. The van der Waals surface area contributed by atoms with Crippen LogP contribution in [0.5, 0.6) is 5.75 Å². The molecule has 0 bridgehead atoms. The number of carbonyl (C=O) groups excluding carboxylic acids is 1. The van der Waals surface area contributed by atoms with Crippen molar-refractivity contribution in [2.24, 2.45) is 0 Å². The van der Waals surface area contributed by atoms with Gasteiger partial charge >= 0.3 is 0 Å². The molecule has 0 aliphatic heterocycles. The molecule has 0 aromatic heterocycles. The minimum Gasteiger partial charge on any atom is -0.497 e. The summed E-state index contributed by atoms with van der Waals surface area (Å²) in [5.74, 6) is 0.0508. The van der Waals surface area contributed by atoms with E-state index >= 15 is 0 Å². The van der Waals surface area contributed by atoms with E-state index in [0.29, 0.717) is 11.4 Å². The van der Waals surface area contributed by atoms with E-state index in [1.54, 1.807) is 24.3 Å². The molecule has 0 radical (unpaired) electrons. The predicted molar refractivity (Wildman–Crippen MR) is 79.1 cm³/mol. The summed E-state index contributed by atoms with van der Waals surface area (Å²) in [6.07, 6.45) is 0. The second-order valence-corrected chi connectivity index (χ2v) is 4.51. The van der Waals surface area contributed by atoms with Gasteiger partial charge in [-0.25, -0.2) is 0 Å². The summed E-state index contributed by atoms with van der Waals surface area (Å²) < 4.78 is 5.05. The van der Waals surface area contributed by atoms with Gasteiger partial charge in [-0.1, -0.05) is 17.7 Å². The van der Waals surface area contributed by atoms with Crippen molar-refractivity contribution in [3.63, 3.8) is 0 Å². The Morgan fingerprint density at radius 3 is 2.71 bits per heavy atom. The fourth-order valence-corrected chi connectivity index (χ4v) is 1.90. The van der Waals surface area contributed by atoms with Crippen molar-refractivity contribution in [1.82, 2.24) is 0 Å². The molecule has 0 saturated heterocycles. The molecule has 0 fully saturated rings. The van der Waals surface area contributed by atoms with E-state index in [-0.39, 0.29) is 16.3 Å². The van der Waals surface area contributed by atoms with Crippen LogP contribution in [0.2, 0.25) is 5.02 Å². The number of methoxy groups -OCH3 is 1. The third-order valence-electron chi connectivity index (χ3n) is 2.73. The Bertz CT molecular complexity index is 703. The molecule has 2 aromatic rings. The number of ether oxygens (including phenoxy) is 1. The van der Waals surface area contributed by atoms with E-state index in [1.807, 2.05) is 0 Å². The molecule has 0 spiro atoms. The van der Waals surface area contributed by atoms with Crippen molar-refractivity contribution in [3.05, 3.63) is 63.2 Å². The topological polar surface area (TPSA) is 81.5 Å². The Labute approximate surface area is 125 Å². The Kier molecular flexibility index (Phi) is 4.39. The highest BCUT2D eigenvalue weighted by Gasteiger charge is 2.16. The van der Waals surface area contributed by atoms with Crippen LogP contribution in [0.15, 0.2) is 42.5 Å². The fraction of sp³-hybridized carbons (Fsp3) is 0.0714. The van der Waals surface area contributed by atoms with E-state index in [1.165, 1.54) is 19.2 Å². The summed E-state index contributed by atoms with van der Waals surface area (Å²) in [5.41, 5.74) is 0.339. The highest BCUT2D eigenvalue weighted by Crippen LogP contribution is 2.24. The van der Waals surface area contributed by atoms with Crippen LogP contribution >= 0.6 is 11.6 Å². The van der Waals surface area contributed by atoms with Crippen LogP contribution in [0.1, 0.15) is 10.4 Å². The number of amides is 1. The molecule has 1 amide bonds. The molecule has 0 unspecified atom stereocenters. The van der Waals surface area contributed by atoms with Crippen molar-refractivity contribution in [3.8, 4) is 5.75 Å². The van der Waals surface area contributed by atoms with E-state index in [2.05, 4.69) is 5.32 Å². The number of nitrogens with zero attached hydrogens (tertiary/aromatic N) is 1. The molecule has 0 saturated carbocycles. The Balaban J connectivity index is 2.27. The molecule has 0 atom stereocenters. The van der Waals surface area contributed by atoms with Crippen LogP contribution in [0.25, 0.3) is 0 Å². The molecule has 2 aromatic carbocycles. The molecule has 1 N–H and O–H groups in total. The number of non-ortho nitro benzene ring substituents is 1. The van der Waals surface area contributed by atoms with Crippen LogP contribution in [-0.4, -0.2) is 17.9 Å². The number of anilines is 1. The van der Waals surface area contributed by atoms with Gasteiger partial charge < -0.3 is 10.1 Å². The van der Waals surface area contributed by atoms with Crippen LogP contribution < -0.4 is 10.1 Å². The highest BCUT2D eigenvalue weighted by atomic mass is 35.5. The van der Waals surface area contributed by atoms with Crippen LogP contribution in [0, 0.1) is 10.1 Å². The maximum Gasteiger partial charge on any atom is 0.270 e. The molecule has 2 rings (SSSR count). The van der Waals surface area contributed by atoms with E-state index in [9.17, 15) is 14.9 Å². The van der Waals surface area contributed by atoms with Gasteiger partial charge in [0.15, 0.2) is 0 Å². The average Bonchev–Trinajstić information content (AvgIpc) is 2.47. The summed E-state index contributed by atoms with van der Waals surface area (Å²) in [4.78, 5) is 22.3. The van der Waals surface area contributed by atoms with Crippen LogP contribution in [0.3, 0.4) is 0 Å². The first-order valence-corrected chi connectivity index (χ1v) is 6.28. The quantitative estimate of drug-likeness (QED) is 0.692. The minimum absolute atomic E-state index is 0.0358. The van der Waals surface area contributed by atoms with Crippen molar-refractivity contribution in [2.75, 3.05) is 12.4 Å². The van der Waals surface area contributed by atoms with Gasteiger partial charge in [-0.3, -0.25) is 14.9 Å². The Morgan fingerprint density at radius 1 is 1.29 bits per heavy atom. The maximum absolute atomic E-state index is 12.2. The molecule has 108 valence electrons. The number of hydrogen-bond donors (Lipinski definition) is 1. The summed E-state index contributed by atoms with van der Waals surface area (Å²) >= 11 is 5.91. The first-order chi connectivity index (χ1) is 10.0. The number of nitro benzene ring substituents is 1. The normalized spacial score (nSPS) is 10.0. The molecule has 21 heavy (non-hydrogen) atoms. The number of nitro groups is 1. The second kappa shape index (κ2) is 6.23. The molecular formula is C14H11ClN2O4. The van der Waals surface area contributed by atoms with E-state index in [4.69, 9.17) is 16.3 Å². The van der Waals surface area contributed by atoms with Crippen LogP contribution in [0.4, 0.5) is 11.4 Å². The Morgan fingerprint density at radius 2 is 2.05 bits per heavy atom. The lowest BCUT2D eigenvalue weighted by Crippen LogP contribution is -2.12. The fourth-order valence-electron chi connectivity index (χ4n) is 1.70. The number of halogens is 1. The molecule has 0 heterocycles. The minimum atomic E-state index is -0.585. The molecule has 7 heteroatoms. The Hall–Kier alpha value is -2.60. The lowest BCUT2D eigenvalue weighted by molar-refractivity contribution is -0.384. The van der Waals surface area contributed by atoms with Crippen molar-refractivity contribution in [2.45, 2.75) is 0 Å². The highest BCUT2D eigenvalue weighted by molar-refractivity contribution is 6.34. The van der Waals surface area contributed by atoms with Gasteiger partial charge in [-0.2, -0.15) is 0 Å². The second-order valence-electron chi connectivity index (χ2n) is 4.11. The van der Waals surface area contributed by atoms with Gasteiger partial charge in [0.2, 0.25) is 0 Å². The predicted octanol–water partition coefficient (Wildman–Crippen LogP) is 3.51. The van der Waals surface area contributed by atoms with E-state index < -0.39 is 10.8 Å². The lowest BCUT2D eigenvalue weighted by Gasteiger charge is -2.08. The van der Waals surface area contributed by atoms with Gasteiger partial charge in [-0.05, 0) is 18.2 Å². The number of rotatable bonds is 4. The van der Waals surface area contributed by atoms with Gasteiger partial charge in [0, 0.05) is 23.9 Å². The number of hydrogen-bond acceptors (Lipinski definition) is 4. The zero-order chi connectivity index (χ0) is 15.4. The number of carbonyl (C=O) groups is 1. The monoisotopic (exact) mass is 306 g/mol. The zero-order valence-electron chi connectivity index (χ0n) is 11.0. The van der Waals surface area contributed by atoms with Crippen molar-refractivity contribution in [1.29, 1.82) is 0 Å². The van der Waals surface area contributed by atoms with Gasteiger partial charge in [0.25, 0.3) is 11.6 Å². The average molecular weight is 307 g/mol. The standard InChI is InChI=1S/C14H11ClN2O4/c1-21-11-4-2-3-9(7-11)16-14(18)12-8-10(17(19)20)5-6-13(12)15/h2-8H,1H3,(H,16,18). The van der Waals surface area contributed by atoms with E-state index in [0.717, 1.165) is 6.07 Å². The third-order valence-corrected chi connectivity index (χ3v) is 3.06. The van der Waals surface area contributed by atoms with Gasteiger partial charge in [0.05, 0.1) is 22.6 Å². The molecule has 6 nitrogen and oxygen atoms in total. The molecule has 0 aliphatic rings. The largest absolute Gasteiger partial charge is 0.497 e. The van der Waals surface area contributed by atoms with Gasteiger partial charge in [0.1, 0.15) is 5.75 Å². The summed E-state index contributed by atoms with van der Waals surface area (Å²) in [7, 11) is 1.51. The van der Waals surface area contributed by atoms with Crippen molar-refractivity contribution < 1.29 is 14.5 Å². The molecular weight excluding hydrogens is 296 g/mol. The third kappa shape index (κ3) is 3.49. The first-order valence-electron chi connectivity index (χ1n) is 5.90. The molecule has 0 aliphatic carbocycles. The van der Waals surface area contributed by atoms with Gasteiger partial charge in [-0.15, -0.1) is 0 Å². The summed E-state index contributed by atoms with van der Waals surface area (Å²) in [6.45, 7) is 0. The smallest absolute Gasteiger partial charge is 0.270 e. The summed E-state index contributed by atoms with van der Waals surface area (Å²) in [5, 5.41) is 13.5. The maximum atomic E-state index is 12.2. The SMILES string of the molecule is COc1cccc(NC(=O)c2cc([N+](=O)[O-])ccc2Cl)c1. The van der Waals surface area contributed by atoms with Crippen LogP contribution in [-0.2, 0) is 0 Å².